The van der Waals surface area contributed by atoms with Crippen molar-refractivity contribution in [3.63, 3.8) is 0 Å². The van der Waals surface area contributed by atoms with Gasteiger partial charge in [-0.1, -0.05) is 50.2 Å². The number of carboxylic acids is 1. The zero-order chi connectivity index (χ0) is 21.1. The smallest absolute Gasteiger partial charge is 0.348 e. The number of amides is 1. The highest BCUT2D eigenvalue weighted by atomic mass is 32.1. The first-order valence-corrected chi connectivity index (χ1v) is 9.77. The highest BCUT2D eigenvalue weighted by molar-refractivity contribution is 7.18. The average molecular weight is 415 g/mol. The summed E-state index contributed by atoms with van der Waals surface area (Å²) in [6.07, 6.45) is 0. The Kier molecular flexibility index (Phi) is 6.08. The third-order valence-corrected chi connectivity index (χ3v) is 5.52. The first-order valence-electron chi connectivity index (χ1n) is 8.95. The van der Waals surface area contributed by atoms with Crippen LogP contribution in [0.25, 0.3) is 10.4 Å². The molecule has 1 amide bonds. The number of anilines is 1. The van der Waals surface area contributed by atoms with Crippen molar-refractivity contribution in [2.24, 2.45) is 5.92 Å². The Hall–Kier alpha value is -3.06. The molecule has 0 saturated carbocycles. The quantitative estimate of drug-likeness (QED) is 0.572. The topological polar surface area (TPSA) is 57.6 Å². The third kappa shape index (κ3) is 4.51. The molecule has 0 spiro atoms. The number of rotatable bonds is 6. The van der Waals surface area contributed by atoms with Crippen molar-refractivity contribution in [2.75, 3.05) is 4.90 Å². The number of benzene rings is 2. The predicted molar refractivity (Wildman–Crippen MR) is 109 cm³/mol. The second-order valence-corrected chi connectivity index (χ2v) is 7.86. The van der Waals surface area contributed by atoms with E-state index in [0.717, 1.165) is 29.0 Å². The molecule has 29 heavy (non-hydrogen) atoms. The van der Waals surface area contributed by atoms with E-state index in [1.54, 1.807) is 19.9 Å². The number of aromatic carboxylic acids is 1. The summed E-state index contributed by atoms with van der Waals surface area (Å²) in [4.78, 5) is 26.7. The molecule has 0 atom stereocenters. The van der Waals surface area contributed by atoms with Crippen LogP contribution >= 0.6 is 11.3 Å². The molecule has 0 fully saturated rings. The number of halogens is 2. The lowest BCUT2D eigenvalue weighted by Gasteiger charge is -2.25. The molecule has 0 aliphatic heterocycles. The van der Waals surface area contributed by atoms with Crippen molar-refractivity contribution >= 4 is 28.9 Å². The highest BCUT2D eigenvalue weighted by Crippen LogP contribution is 2.38. The molecule has 0 radical (unpaired) electrons. The van der Waals surface area contributed by atoms with Crippen LogP contribution in [-0.4, -0.2) is 17.0 Å². The van der Waals surface area contributed by atoms with E-state index < -0.39 is 23.5 Å². The van der Waals surface area contributed by atoms with Gasteiger partial charge in [0.2, 0.25) is 5.91 Å². The van der Waals surface area contributed by atoms with E-state index in [1.165, 1.54) is 11.0 Å². The number of carbonyl (C=O) groups excluding carboxylic acids is 1. The van der Waals surface area contributed by atoms with Gasteiger partial charge in [0, 0.05) is 22.4 Å². The van der Waals surface area contributed by atoms with Gasteiger partial charge in [0.15, 0.2) is 0 Å². The largest absolute Gasteiger partial charge is 0.477 e. The standard InChI is InChI=1S/C22H19F2NO3S/c1-13(2)21(26)25(12-15-8-9-16(23)10-17(15)24)18-11-19(29-20(18)22(27)28)14-6-4-3-5-7-14/h3-11,13H,12H2,1-2H3,(H,27,28). The Labute approximate surface area is 171 Å². The monoisotopic (exact) mass is 415 g/mol. The van der Waals surface area contributed by atoms with Crippen molar-refractivity contribution in [2.45, 2.75) is 20.4 Å². The second kappa shape index (κ2) is 8.53. The summed E-state index contributed by atoms with van der Waals surface area (Å²) in [7, 11) is 0. The fourth-order valence-electron chi connectivity index (χ4n) is 2.89. The van der Waals surface area contributed by atoms with Crippen LogP contribution < -0.4 is 4.90 Å². The minimum absolute atomic E-state index is 0.0135. The first-order chi connectivity index (χ1) is 13.8. The molecule has 1 aromatic heterocycles. The molecule has 1 heterocycles. The SMILES string of the molecule is CC(C)C(=O)N(Cc1ccc(F)cc1F)c1cc(-c2ccccc2)sc1C(=O)O. The van der Waals surface area contributed by atoms with Gasteiger partial charge in [-0.3, -0.25) is 4.79 Å². The number of hydrogen-bond acceptors (Lipinski definition) is 3. The maximum atomic E-state index is 14.2. The van der Waals surface area contributed by atoms with Crippen LogP contribution in [0.5, 0.6) is 0 Å². The summed E-state index contributed by atoms with van der Waals surface area (Å²) in [6.45, 7) is 3.16. The highest BCUT2D eigenvalue weighted by Gasteiger charge is 2.27. The molecule has 0 bridgehead atoms. The van der Waals surface area contributed by atoms with Gasteiger partial charge in [-0.15, -0.1) is 11.3 Å². The van der Waals surface area contributed by atoms with Crippen molar-refractivity contribution < 1.29 is 23.5 Å². The van der Waals surface area contributed by atoms with E-state index >= 15 is 0 Å². The first kappa shape index (κ1) is 20.7. The van der Waals surface area contributed by atoms with Gasteiger partial charge < -0.3 is 10.0 Å². The normalized spacial score (nSPS) is 10.9. The molecule has 3 rings (SSSR count). The van der Waals surface area contributed by atoms with Crippen LogP contribution in [0.15, 0.2) is 54.6 Å². The Balaban J connectivity index is 2.11. The van der Waals surface area contributed by atoms with Gasteiger partial charge in [0.25, 0.3) is 0 Å². The van der Waals surface area contributed by atoms with Gasteiger partial charge in [-0.25, -0.2) is 13.6 Å². The van der Waals surface area contributed by atoms with E-state index in [4.69, 9.17) is 0 Å². The maximum absolute atomic E-state index is 14.2. The van der Waals surface area contributed by atoms with E-state index in [0.29, 0.717) is 4.88 Å². The lowest BCUT2D eigenvalue weighted by Crippen LogP contribution is -2.34. The molecule has 150 valence electrons. The summed E-state index contributed by atoms with van der Waals surface area (Å²) in [5, 5.41) is 9.70. The lowest BCUT2D eigenvalue weighted by molar-refractivity contribution is -0.121. The van der Waals surface area contributed by atoms with Gasteiger partial charge in [-0.2, -0.15) is 0 Å². The summed E-state index contributed by atoms with van der Waals surface area (Å²) in [6, 6.07) is 13.9. The van der Waals surface area contributed by atoms with E-state index in [-0.39, 0.29) is 28.6 Å². The summed E-state index contributed by atoms with van der Waals surface area (Å²) in [5.74, 6) is -3.48. The zero-order valence-electron chi connectivity index (χ0n) is 15.9. The molecule has 1 N–H and O–H groups in total. The lowest BCUT2D eigenvalue weighted by atomic mass is 10.1. The molecule has 0 saturated heterocycles. The Morgan fingerprint density at radius 3 is 2.34 bits per heavy atom. The molecule has 7 heteroatoms. The van der Waals surface area contributed by atoms with Crippen LogP contribution in [0, 0.1) is 17.6 Å². The van der Waals surface area contributed by atoms with Crippen molar-refractivity contribution in [3.8, 4) is 10.4 Å². The number of thiophene rings is 1. The molecule has 3 aromatic rings. The van der Waals surface area contributed by atoms with E-state index in [1.807, 2.05) is 30.3 Å². The number of carbonyl (C=O) groups is 2. The van der Waals surface area contributed by atoms with Gasteiger partial charge in [0.05, 0.1) is 12.2 Å². The second-order valence-electron chi connectivity index (χ2n) is 6.81. The number of carboxylic acid groups (broad SMARTS) is 1. The predicted octanol–water partition coefficient (Wildman–Crippen LogP) is 5.58. The van der Waals surface area contributed by atoms with E-state index in [9.17, 15) is 23.5 Å². The number of hydrogen-bond donors (Lipinski definition) is 1. The molecular weight excluding hydrogens is 396 g/mol. The third-order valence-electron chi connectivity index (χ3n) is 4.36. The minimum Gasteiger partial charge on any atom is -0.477 e. The molecular formula is C22H19F2NO3S. The van der Waals surface area contributed by atoms with Crippen LogP contribution in [-0.2, 0) is 11.3 Å². The molecule has 0 unspecified atom stereocenters. The Morgan fingerprint density at radius 2 is 1.76 bits per heavy atom. The number of nitrogens with zero attached hydrogens (tertiary/aromatic N) is 1. The molecule has 4 nitrogen and oxygen atoms in total. The molecule has 0 aliphatic carbocycles. The van der Waals surface area contributed by atoms with E-state index in [2.05, 4.69) is 0 Å². The zero-order valence-corrected chi connectivity index (χ0v) is 16.7. The van der Waals surface area contributed by atoms with Gasteiger partial charge in [0.1, 0.15) is 16.5 Å². The van der Waals surface area contributed by atoms with Crippen LogP contribution in [0.3, 0.4) is 0 Å². The van der Waals surface area contributed by atoms with Gasteiger partial charge in [-0.05, 0) is 17.7 Å². The maximum Gasteiger partial charge on any atom is 0.348 e. The fourth-order valence-corrected chi connectivity index (χ4v) is 3.90. The van der Waals surface area contributed by atoms with Crippen LogP contribution in [0.1, 0.15) is 29.1 Å². The van der Waals surface area contributed by atoms with Crippen LogP contribution in [0.2, 0.25) is 0 Å². The Bertz CT molecular complexity index is 1050. The Morgan fingerprint density at radius 1 is 1.07 bits per heavy atom. The fraction of sp³-hybridized carbons (Fsp3) is 0.182. The van der Waals surface area contributed by atoms with Crippen LogP contribution in [0.4, 0.5) is 14.5 Å². The van der Waals surface area contributed by atoms with Crippen molar-refractivity contribution in [1.82, 2.24) is 0 Å². The van der Waals surface area contributed by atoms with Gasteiger partial charge >= 0.3 is 5.97 Å². The minimum atomic E-state index is -1.17. The molecule has 0 aliphatic rings. The average Bonchev–Trinajstić information content (AvgIpc) is 3.13. The summed E-state index contributed by atoms with van der Waals surface area (Å²) >= 11 is 1.05. The summed E-state index contributed by atoms with van der Waals surface area (Å²) < 4.78 is 27.5. The summed E-state index contributed by atoms with van der Waals surface area (Å²) in [5.41, 5.74) is 1.11. The van der Waals surface area contributed by atoms with Crippen molar-refractivity contribution in [3.05, 3.63) is 76.7 Å². The van der Waals surface area contributed by atoms with Crippen molar-refractivity contribution in [1.29, 1.82) is 0 Å². The molecule has 2 aromatic carbocycles.